The van der Waals surface area contributed by atoms with Gasteiger partial charge in [0.05, 0.1) is 14.6 Å². The van der Waals surface area contributed by atoms with E-state index in [4.69, 9.17) is 5.73 Å². The van der Waals surface area contributed by atoms with E-state index in [1.54, 1.807) is 17.6 Å². The summed E-state index contributed by atoms with van der Waals surface area (Å²) in [6.45, 7) is 5.47. The second-order valence-electron chi connectivity index (χ2n) is 4.93. The number of hydrogen-bond donors (Lipinski definition) is 2. The summed E-state index contributed by atoms with van der Waals surface area (Å²) in [4.78, 5) is 16.3. The van der Waals surface area contributed by atoms with Gasteiger partial charge in [-0.25, -0.2) is 9.37 Å². The van der Waals surface area contributed by atoms with Crippen LogP contribution in [0.5, 0.6) is 0 Å². The van der Waals surface area contributed by atoms with Gasteiger partial charge >= 0.3 is 0 Å². The summed E-state index contributed by atoms with van der Waals surface area (Å²) in [5.41, 5.74) is 6.97. The number of nitrogens with one attached hydrogen (secondary N) is 1. The van der Waals surface area contributed by atoms with E-state index in [2.05, 4.69) is 10.3 Å². The molecule has 20 heavy (non-hydrogen) atoms. The van der Waals surface area contributed by atoms with Gasteiger partial charge in [0.1, 0.15) is 11.9 Å². The number of amides is 1. The van der Waals surface area contributed by atoms with Gasteiger partial charge in [-0.05, 0) is 49.4 Å². The number of hydrogen-bond acceptors (Lipinski definition) is 3. The zero-order valence-electron chi connectivity index (χ0n) is 11.4. The minimum atomic E-state index is -0.554. The summed E-state index contributed by atoms with van der Waals surface area (Å²) < 4.78 is 15.7. The van der Waals surface area contributed by atoms with E-state index in [0.717, 1.165) is 0 Å². The van der Waals surface area contributed by atoms with E-state index in [1.165, 1.54) is 6.07 Å². The summed E-state index contributed by atoms with van der Waals surface area (Å²) in [5, 5.41) is 2.81. The molecule has 7 heteroatoms. The molecule has 0 radical (unpaired) electrons. The van der Waals surface area contributed by atoms with Crippen LogP contribution in [0.4, 0.5) is 10.3 Å². The molecule has 1 amide bonds. The molecular weight excluding hydrogens is 374 g/mol. The number of carbonyl (C=O) groups excluding carboxylic acids is 1. The maximum atomic E-state index is 13.7. The molecule has 0 bridgehead atoms. The van der Waals surface area contributed by atoms with Gasteiger partial charge in [-0.2, -0.15) is 0 Å². The standard InChI is InChI=1S/C13H16FIN4O/c1-6(2)17-12(20)7(3)19-11-4-8(14)9(15)5-10(11)18-13(19)16/h4-7H,1-3H3,(H2,16,18)(H,17,20). The lowest BCUT2D eigenvalue weighted by Gasteiger charge is -2.17. The molecule has 1 unspecified atom stereocenters. The minimum Gasteiger partial charge on any atom is -0.369 e. The highest BCUT2D eigenvalue weighted by molar-refractivity contribution is 14.1. The molecule has 0 spiro atoms. The first-order chi connectivity index (χ1) is 9.31. The van der Waals surface area contributed by atoms with Gasteiger partial charge < -0.3 is 11.1 Å². The van der Waals surface area contributed by atoms with Crippen molar-refractivity contribution in [3.63, 3.8) is 0 Å². The molecule has 2 aromatic rings. The fourth-order valence-electron chi connectivity index (χ4n) is 2.04. The molecule has 1 heterocycles. The number of fused-ring (bicyclic) bond motifs is 1. The molecule has 108 valence electrons. The summed E-state index contributed by atoms with van der Waals surface area (Å²) >= 11 is 1.90. The monoisotopic (exact) mass is 390 g/mol. The second-order valence-corrected chi connectivity index (χ2v) is 6.10. The van der Waals surface area contributed by atoms with Gasteiger partial charge in [-0.3, -0.25) is 9.36 Å². The molecule has 0 fully saturated rings. The Morgan fingerprint density at radius 2 is 2.10 bits per heavy atom. The molecule has 0 aliphatic rings. The van der Waals surface area contributed by atoms with Crippen LogP contribution >= 0.6 is 22.6 Å². The van der Waals surface area contributed by atoms with Crippen molar-refractivity contribution in [2.75, 3.05) is 5.73 Å². The van der Waals surface area contributed by atoms with E-state index in [1.807, 2.05) is 36.4 Å². The van der Waals surface area contributed by atoms with Gasteiger partial charge in [0.15, 0.2) is 0 Å². The Bertz CT molecular complexity index is 668. The topological polar surface area (TPSA) is 72.9 Å². The quantitative estimate of drug-likeness (QED) is 0.791. The molecule has 2 rings (SSSR count). The number of nitrogens with zero attached hydrogens (tertiary/aromatic N) is 2. The summed E-state index contributed by atoms with van der Waals surface area (Å²) in [5.74, 6) is -0.325. The third-order valence-electron chi connectivity index (χ3n) is 2.96. The number of nitrogen functional groups attached to an aromatic ring is 1. The number of nitrogens with two attached hydrogens (primary N) is 1. The van der Waals surface area contributed by atoms with Gasteiger partial charge in [0.2, 0.25) is 11.9 Å². The van der Waals surface area contributed by atoms with Crippen molar-refractivity contribution in [2.24, 2.45) is 0 Å². The van der Waals surface area contributed by atoms with E-state index >= 15 is 0 Å². The summed E-state index contributed by atoms with van der Waals surface area (Å²) in [6.07, 6.45) is 0. The number of aromatic nitrogens is 2. The molecule has 3 N–H and O–H groups in total. The summed E-state index contributed by atoms with van der Waals surface area (Å²) in [7, 11) is 0. The highest BCUT2D eigenvalue weighted by Gasteiger charge is 2.21. The Balaban J connectivity index is 2.51. The minimum absolute atomic E-state index is 0.0265. The third kappa shape index (κ3) is 2.72. The van der Waals surface area contributed by atoms with Crippen molar-refractivity contribution in [3.05, 3.63) is 21.5 Å². The highest BCUT2D eigenvalue weighted by atomic mass is 127. The SMILES string of the molecule is CC(C)NC(=O)C(C)n1c(N)nc2cc(I)c(F)cc21. The normalized spacial score (nSPS) is 12.9. The number of carbonyl (C=O) groups is 1. The molecular formula is C13H16FIN4O. The van der Waals surface area contributed by atoms with Gasteiger partial charge in [0, 0.05) is 12.1 Å². The maximum Gasteiger partial charge on any atom is 0.243 e. The molecule has 0 saturated heterocycles. The number of anilines is 1. The first-order valence-corrected chi connectivity index (χ1v) is 7.32. The zero-order valence-corrected chi connectivity index (χ0v) is 13.6. The lowest BCUT2D eigenvalue weighted by molar-refractivity contribution is -0.124. The Labute approximate surface area is 129 Å². The largest absolute Gasteiger partial charge is 0.369 e. The Hall–Kier alpha value is -1.38. The van der Waals surface area contributed by atoms with E-state index in [0.29, 0.717) is 14.6 Å². The molecule has 0 aliphatic carbocycles. The fourth-order valence-corrected chi connectivity index (χ4v) is 2.49. The molecule has 1 atom stereocenters. The van der Waals surface area contributed by atoms with Crippen molar-refractivity contribution in [1.82, 2.24) is 14.9 Å². The molecule has 1 aromatic carbocycles. The van der Waals surface area contributed by atoms with Crippen molar-refractivity contribution in [2.45, 2.75) is 32.9 Å². The van der Waals surface area contributed by atoms with Crippen molar-refractivity contribution in [1.29, 1.82) is 0 Å². The Morgan fingerprint density at radius 1 is 1.45 bits per heavy atom. The van der Waals surface area contributed by atoms with Crippen LogP contribution < -0.4 is 11.1 Å². The van der Waals surface area contributed by atoms with Crippen LogP contribution in [0.15, 0.2) is 12.1 Å². The van der Waals surface area contributed by atoms with Crippen molar-refractivity contribution < 1.29 is 9.18 Å². The van der Waals surface area contributed by atoms with Crippen LogP contribution in [0.3, 0.4) is 0 Å². The average molecular weight is 390 g/mol. The zero-order chi connectivity index (χ0) is 15.0. The van der Waals surface area contributed by atoms with Crippen LogP contribution in [-0.4, -0.2) is 21.5 Å². The second kappa shape index (κ2) is 5.55. The number of imidazole rings is 1. The maximum absolute atomic E-state index is 13.7. The lowest BCUT2D eigenvalue weighted by Crippen LogP contribution is -2.36. The van der Waals surface area contributed by atoms with Crippen LogP contribution in [0.25, 0.3) is 11.0 Å². The lowest BCUT2D eigenvalue weighted by atomic mass is 10.2. The van der Waals surface area contributed by atoms with Gasteiger partial charge in [-0.1, -0.05) is 0 Å². The average Bonchev–Trinajstić information content (AvgIpc) is 2.63. The van der Waals surface area contributed by atoms with Crippen molar-refractivity contribution in [3.8, 4) is 0 Å². The number of rotatable bonds is 3. The van der Waals surface area contributed by atoms with Gasteiger partial charge in [0.25, 0.3) is 0 Å². The molecule has 5 nitrogen and oxygen atoms in total. The van der Waals surface area contributed by atoms with E-state index < -0.39 is 6.04 Å². The van der Waals surface area contributed by atoms with Crippen LogP contribution in [0, 0.1) is 9.39 Å². The Morgan fingerprint density at radius 3 is 2.70 bits per heavy atom. The number of halogens is 2. The first kappa shape index (κ1) is 15.0. The number of benzene rings is 1. The van der Waals surface area contributed by atoms with Crippen molar-refractivity contribution >= 4 is 45.5 Å². The molecule has 0 aliphatic heterocycles. The Kier molecular flexibility index (Phi) is 4.17. The predicted molar refractivity (Wildman–Crippen MR) is 84.8 cm³/mol. The van der Waals surface area contributed by atoms with E-state index in [9.17, 15) is 9.18 Å². The van der Waals surface area contributed by atoms with Crippen LogP contribution in [0.2, 0.25) is 0 Å². The smallest absolute Gasteiger partial charge is 0.243 e. The first-order valence-electron chi connectivity index (χ1n) is 6.24. The van der Waals surface area contributed by atoms with E-state index in [-0.39, 0.29) is 23.7 Å². The predicted octanol–water partition coefficient (Wildman–Crippen LogP) is 2.45. The molecule has 0 saturated carbocycles. The fraction of sp³-hybridized carbons (Fsp3) is 0.385. The summed E-state index contributed by atoms with van der Waals surface area (Å²) in [6, 6.07) is 2.45. The highest BCUT2D eigenvalue weighted by Crippen LogP contribution is 2.26. The van der Waals surface area contributed by atoms with Gasteiger partial charge in [-0.15, -0.1) is 0 Å². The van der Waals surface area contributed by atoms with Crippen LogP contribution in [0.1, 0.15) is 26.8 Å². The van der Waals surface area contributed by atoms with Crippen LogP contribution in [-0.2, 0) is 4.79 Å². The molecule has 1 aromatic heterocycles. The third-order valence-corrected chi connectivity index (χ3v) is 3.78.